The minimum atomic E-state index is 0.810. The maximum Gasteiger partial charge on any atom is 0.220 e. The molecule has 0 N–H and O–H groups in total. The third-order valence-corrected chi connectivity index (χ3v) is 5.30. The summed E-state index contributed by atoms with van der Waals surface area (Å²) in [5.41, 5.74) is 6.18. The van der Waals surface area contributed by atoms with Crippen LogP contribution in [0.5, 0.6) is 0 Å². The molecule has 1 aliphatic rings. The average molecular weight is 336 g/mol. The fraction of sp³-hybridized carbons (Fsp3) is 0.190. The molecule has 3 heteroatoms. The number of benzene rings is 3. The predicted molar refractivity (Wildman–Crippen MR) is 103 cm³/mol. The number of nitrogens with zero attached hydrogens (tertiary/aromatic N) is 2. The third-order valence-electron chi connectivity index (χ3n) is 4.97. The highest BCUT2D eigenvalue weighted by molar-refractivity contribution is 6.37. The summed E-state index contributed by atoms with van der Waals surface area (Å²) >= 11 is 6.41. The maximum atomic E-state index is 6.41. The van der Waals surface area contributed by atoms with E-state index in [9.17, 15) is 0 Å². The van der Waals surface area contributed by atoms with Gasteiger partial charge in [-0.25, -0.2) is 0 Å². The van der Waals surface area contributed by atoms with E-state index in [1.54, 1.807) is 0 Å². The molecule has 2 nitrogen and oxygen atoms in total. The van der Waals surface area contributed by atoms with E-state index in [0.717, 1.165) is 17.0 Å². The number of rotatable bonds is 3. The van der Waals surface area contributed by atoms with Gasteiger partial charge in [0.2, 0.25) is 11.4 Å². The van der Waals surface area contributed by atoms with Crippen molar-refractivity contribution < 1.29 is 4.58 Å². The van der Waals surface area contributed by atoms with Crippen LogP contribution < -0.4 is 4.90 Å². The van der Waals surface area contributed by atoms with E-state index in [4.69, 9.17) is 11.6 Å². The van der Waals surface area contributed by atoms with Crippen molar-refractivity contribution in [3.63, 3.8) is 0 Å². The molecule has 120 valence electrons. The molecule has 24 heavy (non-hydrogen) atoms. The fourth-order valence-electron chi connectivity index (χ4n) is 3.54. The number of halogens is 1. The van der Waals surface area contributed by atoms with Gasteiger partial charge in [-0.2, -0.15) is 4.58 Å². The largest absolute Gasteiger partial charge is 0.375 e. The van der Waals surface area contributed by atoms with E-state index in [1.165, 1.54) is 33.6 Å². The molecule has 1 aliphatic heterocycles. The Morgan fingerprint density at radius 3 is 2.46 bits per heavy atom. The van der Waals surface area contributed by atoms with Crippen LogP contribution in [0.2, 0.25) is 5.02 Å². The van der Waals surface area contributed by atoms with E-state index in [0.29, 0.717) is 0 Å². The molecule has 3 aromatic rings. The second kappa shape index (κ2) is 5.64. The zero-order chi connectivity index (χ0) is 16.8. The quantitative estimate of drug-likeness (QED) is 0.605. The van der Waals surface area contributed by atoms with Crippen molar-refractivity contribution in [3.05, 3.63) is 70.7 Å². The fourth-order valence-corrected chi connectivity index (χ4v) is 3.76. The van der Waals surface area contributed by atoms with Crippen molar-refractivity contribution in [3.8, 4) is 0 Å². The molecule has 4 rings (SSSR count). The van der Waals surface area contributed by atoms with Crippen molar-refractivity contribution in [2.45, 2.75) is 6.92 Å². The monoisotopic (exact) mass is 335 g/mol. The van der Waals surface area contributed by atoms with Gasteiger partial charge in [-0.3, -0.25) is 0 Å². The Balaban J connectivity index is 1.89. The van der Waals surface area contributed by atoms with Gasteiger partial charge >= 0.3 is 0 Å². The molecular formula is C21H20ClN2+. The van der Waals surface area contributed by atoms with E-state index < -0.39 is 0 Å². The first-order valence-electron chi connectivity index (χ1n) is 8.25. The molecule has 1 heterocycles. The molecule has 0 saturated heterocycles. The molecule has 0 aromatic heterocycles. The Morgan fingerprint density at radius 1 is 1.00 bits per heavy atom. The van der Waals surface area contributed by atoms with E-state index in [2.05, 4.69) is 79.0 Å². The van der Waals surface area contributed by atoms with E-state index in [-0.39, 0.29) is 0 Å². The van der Waals surface area contributed by atoms with Crippen LogP contribution in [0.25, 0.3) is 10.8 Å². The molecule has 0 aliphatic carbocycles. The van der Waals surface area contributed by atoms with Gasteiger partial charge in [0.25, 0.3) is 0 Å². The van der Waals surface area contributed by atoms with E-state index in [1.807, 2.05) is 6.07 Å². The molecule has 0 saturated carbocycles. The van der Waals surface area contributed by atoms with Gasteiger partial charge in [0, 0.05) is 41.3 Å². The molecule has 0 atom stereocenters. The Hall–Kier alpha value is -2.32. The van der Waals surface area contributed by atoms with Crippen molar-refractivity contribution >= 4 is 39.5 Å². The summed E-state index contributed by atoms with van der Waals surface area (Å²) in [7, 11) is 4.24. The molecular weight excluding hydrogens is 316 g/mol. The summed E-state index contributed by atoms with van der Waals surface area (Å²) in [5, 5.41) is 3.18. The van der Waals surface area contributed by atoms with Crippen molar-refractivity contribution in [1.29, 1.82) is 0 Å². The zero-order valence-corrected chi connectivity index (χ0v) is 14.9. The Bertz CT molecular complexity index is 971. The summed E-state index contributed by atoms with van der Waals surface area (Å²) in [6, 6.07) is 19.3. The highest BCUT2D eigenvalue weighted by Gasteiger charge is 2.31. The lowest BCUT2D eigenvalue weighted by molar-refractivity contribution is -0.399. The van der Waals surface area contributed by atoms with Crippen LogP contribution in [0.3, 0.4) is 0 Å². The summed E-state index contributed by atoms with van der Waals surface area (Å²) in [6.45, 7) is 3.16. The first-order valence-corrected chi connectivity index (χ1v) is 8.63. The van der Waals surface area contributed by atoms with Crippen LogP contribution in [-0.2, 0) is 0 Å². The minimum Gasteiger partial charge on any atom is -0.375 e. The van der Waals surface area contributed by atoms with Gasteiger partial charge in [0.1, 0.15) is 7.05 Å². The Kier molecular flexibility index (Phi) is 3.58. The van der Waals surface area contributed by atoms with Crippen molar-refractivity contribution in [1.82, 2.24) is 0 Å². The second-order valence-corrected chi connectivity index (χ2v) is 6.67. The molecule has 0 bridgehead atoms. The molecule has 0 amide bonds. The normalized spacial score (nSPS) is 13.0. The van der Waals surface area contributed by atoms with E-state index >= 15 is 0 Å². The van der Waals surface area contributed by atoms with Crippen LogP contribution in [-0.4, -0.2) is 30.9 Å². The molecule has 0 unspecified atom stereocenters. The predicted octanol–water partition coefficient (Wildman–Crippen LogP) is 5.07. The van der Waals surface area contributed by atoms with Crippen LogP contribution in [0.1, 0.15) is 18.1 Å². The standard InChI is InChI=1S/C21H20ClN2/c1-4-23(2)15-10-8-14(9-11-15)21-17-7-5-6-16-18(22)12-13-19(20(16)17)24(21)3/h5-13H,4H2,1-3H3/q+1. The minimum absolute atomic E-state index is 0.810. The molecule has 0 spiro atoms. The lowest BCUT2D eigenvalue weighted by atomic mass is 9.98. The first-order chi connectivity index (χ1) is 11.6. The average Bonchev–Trinajstić information content (AvgIpc) is 2.90. The summed E-state index contributed by atoms with van der Waals surface area (Å²) in [5.74, 6) is 0. The lowest BCUT2D eigenvalue weighted by Crippen LogP contribution is -2.16. The van der Waals surface area contributed by atoms with Crippen LogP contribution in [0.4, 0.5) is 11.4 Å². The van der Waals surface area contributed by atoms with Crippen molar-refractivity contribution in [2.75, 3.05) is 25.5 Å². The van der Waals surface area contributed by atoms with Gasteiger partial charge in [0.15, 0.2) is 0 Å². The summed E-state index contributed by atoms with van der Waals surface area (Å²) in [4.78, 5) is 2.24. The smallest absolute Gasteiger partial charge is 0.220 e. The maximum absolute atomic E-state index is 6.41. The number of hydrogen-bond donors (Lipinski definition) is 0. The topological polar surface area (TPSA) is 6.25 Å². The summed E-state index contributed by atoms with van der Waals surface area (Å²) < 4.78 is 2.27. The zero-order valence-electron chi connectivity index (χ0n) is 14.2. The Morgan fingerprint density at radius 2 is 1.75 bits per heavy atom. The SMILES string of the molecule is CCN(C)c1ccc(C2=[N+](C)c3ccc(Cl)c4cccc2c34)cc1. The second-order valence-electron chi connectivity index (χ2n) is 6.26. The van der Waals surface area contributed by atoms with Gasteiger partial charge in [-0.05, 0) is 43.3 Å². The molecule has 3 aromatic carbocycles. The molecule has 0 radical (unpaired) electrons. The van der Waals surface area contributed by atoms with Crippen LogP contribution in [0.15, 0.2) is 54.6 Å². The number of anilines is 1. The lowest BCUT2D eigenvalue weighted by Gasteiger charge is -2.16. The third kappa shape index (κ3) is 2.14. The van der Waals surface area contributed by atoms with Gasteiger partial charge in [0.05, 0.1) is 10.9 Å². The van der Waals surface area contributed by atoms with Crippen LogP contribution >= 0.6 is 11.6 Å². The highest BCUT2D eigenvalue weighted by Crippen LogP contribution is 2.39. The molecule has 0 fully saturated rings. The Labute approximate surface area is 147 Å². The van der Waals surface area contributed by atoms with Crippen molar-refractivity contribution in [2.24, 2.45) is 0 Å². The van der Waals surface area contributed by atoms with Gasteiger partial charge in [-0.1, -0.05) is 23.7 Å². The highest BCUT2D eigenvalue weighted by atomic mass is 35.5. The first kappa shape index (κ1) is 15.2. The summed E-state index contributed by atoms with van der Waals surface area (Å²) in [6.07, 6.45) is 0. The van der Waals surface area contributed by atoms with Gasteiger partial charge < -0.3 is 4.90 Å². The van der Waals surface area contributed by atoms with Crippen LogP contribution in [0, 0.1) is 0 Å². The van der Waals surface area contributed by atoms with Gasteiger partial charge in [-0.15, -0.1) is 0 Å². The number of hydrogen-bond acceptors (Lipinski definition) is 1.